The van der Waals surface area contributed by atoms with E-state index < -0.39 is 5.60 Å². The molecule has 0 aromatic heterocycles. The third kappa shape index (κ3) is 2.79. The van der Waals surface area contributed by atoms with Gasteiger partial charge in [0.05, 0.1) is 19.3 Å². The summed E-state index contributed by atoms with van der Waals surface area (Å²) in [6.07, 6.45) is 0. The average molecular weight is 310 g/mol. The van der Waals surface area contributed by atoms with Crippen LogP contribution in [0.1, 0.15) is 17.2 Å². The molecule has 2 aromatic rings. The van der Waals surface area contributed by atoms with Crippen molar-refractivity contribution in [3.05, 3.63) is 59.7 Å². The Bertz CT molecular complexity index is 648. The fourth-order valence-electron chi connectivity index (χ4n) is 3.56. The molecule has 1 aliphatic heterocycles. The highest BCUT2D eigenvalue weighted by Gasteiger charge is 2.33. The molecule has 0 saturated carbocycles. The standard InChI is InChI=1S/C19H22N2O2/c22-19(11-20-9-10-23-13-19)12-21-18-16-7-3-1-5-14(16)15-6-2-4-8-17(15)18/h1-8,18,20-22H,9-13H2/t19-/m1/s1. The molecule has 1 heterocycles. The van der Waals surface area contributed by atoms with Crippen LogP contribution >= 0.6 is 0 Å². The molecule has 1 aliphatic carbocycles. The molecule has 23 heavy (non-hydrogen) atoms. The van der Waals surface area contributed by atoms with Crippen LogP contribution in [-0.4, -0.2) is 43.6 Å². The highest BCUT2D eigenvalue weighted by Crippen LogP contribution is 2.43. The van der Waals surface area contributed by atoms with Crippen LogP contribution in [0.4, 0.5) is 0 Å². The van der Waals surface area contributed by atoms with Gasteiger partial charge in [-0.1, -0.05) is 48.5 Å². The lowest BCUT2D eigenvalue weighted by atomic mass is 10.0. The van der Waals surface area contributed by atoms with Gasteiger partial charge in [0.15, 0.2) is 0 Å². The van der Waals surface area contributed by atoms with Crippen molar-refractivity contribution in [2.45, 2.75) is 11.6 Å². The molecule has 3 N–H and O–H groups in total. The molecule has 4 nitrogen and oxygen atoms in total. The van der Waals surface area contributed by atoms with Gasteiger partial charge in [-0.15, -0.1) is 0 Å². The maximum Gasteiger partial charge on any atom is 0.113 e. The van der Waals surface area contributed by atoms with Crippen LogP contribution in [0.25, 0.3) is 11.1 Å². The van der Waals surface area contributed by atoms with Crippen LogP contribution in [-0.2, 0) is 4.74 Å². The third-order valence-corrected chi connectivity index (χ3v) is 4.72. The summed E-state index contributed by atoms with van der Waals surface area (Å²) in [5, 5.41) is 17.6. The van der Waals surface area contributed by atoms with Gasteiger partial charge in [0.2, 0.25) is 0 Å². The van der Waals surface area contributed by atoms with E-state index >= 15 is 0 Å². The lowest BCUT2D eigenvalue weighted by molar-refractivity contribution is -0.0272. The predicted molar refractivity (Wildman–Crippen MR) is 90.4 cm³/mol. The summed E-state index contributed by atoms with van der Waals surface area (Å²) in [4.78, 5) is 0. The van der Waals surface area contributed by atoms with Crippen molar-refractivity contribution in [1.82, 2.24) is 10.6 Å². The van der Waals surface area contributed by atoms with Crippen LogP contribution < -0.4 is 10.6 Å². The quantitative estimate of drug-likeness (QED) is 0.808. The second kappa shape index (κ2) is 6.06. The minimum Gasteiger partial charge on any atom is -0.385 e. The van der Waals surface area contributed by atoms with Crippen molar-refractivity contribution < 1.29 is 9.84 Å². The van der Waals surface area contributed by atoms with Crippen LogP contribution in [0.15, 0.2) is 48.5 Å². The first-order valence-corrected chi connectivity index (χ1v) is 8.19. The summed E-state index contributed by atoms with van der Waals surface area (Å²) in [5.41, 5.74) is 4.24. The van der Waals surface area contributed by atoms with Gasteiger partial charge in [0.1, 0.15) is 5.60 Å². The number of β-amino-alcohol motifs (C(OH)–C–C–N with tert-alkyl or cyclic N) is 1. The minimum atomic E-state index is -0.872. The molecule has 0 spiro atoms. The average Bonchev–Trinajstić information content (AvgIpc) is 2.73. The Morgan fingerprint density at radius 2 is 1.74 bits per heavy atom. The summed E-state index contributed by atoms with van der Waals surface area (Å²) in [6.45, 7) is 2.85. The van der Waals surface area contributed by atoms with Gasteiger partial charge in [-0.05, 0) is 22.3 Å². The molecule has 0 bridgehead atoms. The Labute approximate surface area is 136 Å². The number of aliphatic hydroxyl groups is 1. The van der Waals surface area contributed by atoms with Gasteiger partial charge in [0.25, 0.3) is 0 Å². The number of nitrogens with one attached hydrogen (secondary N) is 2. The van der Waals surface area contributed by atoms with E-state index in [-0.39, 0.29) is 6.04 Å². The second-order valence-corrected chi connectivity index (χ2v) is 6.44. The first-order valence-electron chi connectivity index (χ1n) is 8.19. The predicted octanol–water partition coefficient (Wildman–Crippen LogP) is 1.70. The molecule has 4 heteroatoms. The lowest BCUT2D eigenvalue weighted by Crippen LogP contribution is -2.50. The summed E-state index contributed by atoms with van der Waals surface area (Å²) < 4.78 is 5.51. The van der Waals surface area contributed by atoms with Crippen molar-refractivity contribution in [2.75, 3.05) is 32.8 Å². The molecule has 2 aromatic carbocycles. The summed E-state index contributed by atoms with van der Waals surface area (Å²) in [6, 6.07) is 17.1. The Morgan fingerprint density at radius 3 is 2.43 bits per heavy atom. The normalized spacial score (nSPS) is 24.0. The largest absolute Gasteiger partial charge is 0.385 e. The first-order chi connectivity index (χ1) is 11.3. The molecular formula is C19H22N2O2. The summed E-state index contributed by atoms with van der Waals surface area (Å²) in [5.74, 6) is 0. The van der Waals surface area contributed by atoms with Crippen molar-refractivity contribution >= 4 is 0 Å². The molecule has 4 rings (SSSR count). The van der Waals surface area contributed by atoms with Gasteiger partial charge in [-0.3, -0.25) is 0 Å². The van der Waals surface area contributed by atoms with Crippen LogP contribution in [0.2, 0.25) is 0 Å². The van der Waals surface area contributed by atoms with E-state index in [1.54, 1.807) is 0 Å². The van der Waals surface area contributed by atoms with Gasteiger partial charge < -0.3 is 20.5 Å². The van der Waals surface area contributed by atoms with E-state index in [1.165, 1.54) is 22.3 Å². The second-order valence-electron chi connectivity index (χ2n) is 6.44. The number of fused-ring (bicyclic) bond motifs is 3. The molecule has 1 fully saturated rings. The number of hydrogen-bond donors (Lipinski definition) is 3. The van der Waals surface area contributed by atoms with Crippen LogP contribution in [0, 0.1) is 0 Å². The van der Waals surface area contributed by atoms with E-state index in [9.17, 15) is 5.11 Å². The molecule has 1 saturated heterocycles. The van der Waals surface area contributed by atoms with E-state index in [0.29, 0.717) is 26.3 Å². The molecule has 0 amide bonds. The Kier molecular flexibility index (Phi) is 3.91. The lowest BCUT2D eigenvalue weighted by Gasteiger charge is -2.28. The zero-order valence-electron chi connectivity index (χ0n) is 13.1. The Morgan fingerprint density at radius 1 is 1.09 bits per heavy atom. The van der Waals surface area contributed by atoms with E-state index in [2.05, 4.69) is 59.2 Å². The molecule has 2 aliphatic rings. The van der Waals surface area contributed by atoms with Crippen molar-refractivity contribution in [1.29, 1.82) is 0 Å². The van der Waals surface area contributed by atoms with E-state index in [0.717, 1.165) is 6.54 Å². The highest BCUT2D eigenvalue weighted by molar-refractivity contribution is 5.78. The fourth-order valence-corrected chi connectivity index (χ4v) is 3.56. The number of hydrogen-bond acceptors (Lipinski definition) is 4. The van der Waals surface area contributed by atoms with Gasteiger partial charge in [-0.25, -0.2) is 0 Å². The molecule has 120 valence electrons. The summed E-state index contributed by atoms with van der Waals surface area (Å²) in [7, 11) is 0. The molecule has 0 radical (unpaired) electrons. The van der Waals surface area contributed by atoms with E-state index in [4.69, 9.17) is 4.74 Å². The monoisotopic (exact) mass is 310 g/mol. The zero-order chi connectivity index (χ0) is 15.7. The molecule has 0 unspecified atom stereocenters. The van der Waals surface area contributed by atoms with Gasteiger partial charge in [0, 0.05) is 19.6 Å². The van der Waals surface area contributed by atoms with E-state index in [1.807, 2.05) is 0 Å². The topological polar surface area (TPSA) is 53.5 Å². The number of benzene rings is 2. The van der Waals surface area contributed by atoms with Gasteiger partial charge in [-0.2, -0.15) is 0 Å². The van der Waals surface area contributed by atoms with Crippen LogP contribution in [0.5, 0.6) is 0 Å². The molecule has 1 atom stereocenters. The van der Waals surface area contributed by atoms with Crippen molar-refractivity contribution in [3.8, 4) is 11.1 Å². The molecular weight excluding hydrogens is 288 g/mol. The van der Waals surface area contributed by atoms with Crippen molar-refractivity contribution in [3.63, 3.8) is 0 Å². The Hall–Kier alpha value is -1.72. The maximum atomic E-state index is 10.8. The fraction of sp³-hybridized carbons (Fsp3) is 0.368. The maximum absolute atomic E-state index is 10.8. The van der Waals surface area contributed by atoms with Crippen LogP contribution in [0.3, 0.4) is 0 Å². The smallest absolute Gasteiger partial charge is 0.113 e. The first kappa shape index (κ1) is 14.8. The van der Waals surface area contributed by atoms with Gasteiger partial charge >= 0.3 is 0 Å². The highest BCUT2D eigenvalue weighted by atomic mass is 16.5. The minimum absolute atomic E-state index is 0.120. The number of rotatable bonds is 3. The number of ether oxygens (including phenoxy) is 1. The van der Waals surface area contributed by atoms with Crippen molar-refractivity contribution in [2.24, 2.45) is 0 Å². The zero-order valence-corrected chi connectivity index (χ0v) is 13.1. The Balaban J connectivity index is 1.59. The summed E-state index contributed by atoms with van der Waals surface area (Å²) >= 11 is 0. The SMILES string of the molecule is O[C@@]1(CNC2c3ccccc3-c3ccccc32)CNCCOC1. The third-order valence-electron chi connectivity index (χ3n) is 4.72.